The highest BCUT2D eigenvalue weighted by Gasteiger charge is 1.95. The summed E-state index contributed by atoms with van der Waals surface area (Å²) in [5.74, 6) is 1.04. The van der Waals surface area contributed by atoms with Gasteiger partial charge in [-0.25, -0.2) is 4.98 Å². The number of nitrogens with zero attached hydrogens (tertiary/aromatic N) is 2. The quantitative estimate of drug-likeness (QED) is 0.721. The van der Waals surface area contributed by atoms with Crippen molar-refractivity contribution in [3.63, 3.8) is 0 Å². The average Bonchev–Trinajstić information content (AvgIpc) is 2.96. The molecule has 0 aliphatic carbocycles. The molecule has 2 heterocycles. The summed E-state index contributed by atoms with van der Waals surface area (Å²) in [5.41, 5.74) is 0. The molecule has 0 aliphatic heterocycles. The molecule has 0 spiro atoms. The molecule has 2 rings (SSSR count). The normalized spacial score (nSPS) is 10.8. The van der Waals surface area contributed by atoms with Gasteiger partial charge >= 0.3 is 0 Å². The lowest BCUT2D eigenvalue weighted by molar-refractivity contribution is 0.494. The van der Waals surface area contributed by atoms with Crippen LogP contribution in [0.2, 0.25) is 0 Å². The lowest BCUT2D eigenvalue weighted by Crippen LogP contribution is -2.19. The van der Waals surface area contributed by atoms with Crippen LogP contribution < -0.4 is 5.32 Å². The minimum Gasteiger partial charge on any atom is -0.469 e. The van der Waals surface area contributed by atoms with Crippen molar-refractivity contribution in [2.45, 2.75) is 19.4 Å². The summed E-state index contributed by atoms with van der Waals surface area (Å²) >= 11 is 0. The highest BCUT2D eigenvalue weighted by atomic mass is 16.3. The van der Waals surface area contributed by atoms with Crippen molar-refractivity contribution in [1.29, 1.82) is 0 Å². The first-order valence-electron chi connectivity index (χ1n) is 5.64. The van der Waals surface area contributed by atoms with E-state index in [9.17, 15) is 0 Å². The van der Waals surface area contributed by atoms with Crippen LogP contribution in [0.15, 0.2) is 41.5 Å². The van der Waals surface area contributed by atoms with Gasteiger partial charge in [0.05, 0.1) is 12.6 Å². The van der Waals surface area contributed by atoms with E-state index in [1.165, 1.54) is 0 Å². The standard InChI is InChI=1S/C12H17N3O/c1-3-12(16-10-1)4-6-13-5-2-8-15-9-7-14-11-15/h1,3,7,9-11,13H,2,4-6,8H2. The first kappa shape index (κ1) is 11.0. The fourth-order valence-electron chi connectivity index (χ4n) is 1.60. The summed E-state index contributed by atoms with van der Waals surface area (Å²) in [6, 6.07) is 3.93. The van der Waals surface area contributed by atoms with E-state index in [0.717, 1.165) is 38.2 Å². The van der Waals surface area contributed by atoms with Gasteiger partial charge in [0.2, 0.25) is 0 Å². The number of furan rings is 1. The van der Waals surface area contributed by atoms with Crippen LogP contribution >= 0.6 is 0 Å². The molecule has 86 valence electrons. The highest BCUT2D eigenvalue weighted by molar-refractivity contribution is 4.98. The van der Waals surface area contributed by atoms with Gasteiger partial charge in [0.15, 0.2) is 0 Å². The number of hydrogen-bond donors (Lipinski definition) is 1. The van der Waals surface area contributed by atoms with Crippen LogP contribution in [0.4, 0.5) is 0 Å². The summed E-state index contributed by atoms with van der Waals surface area (Å²) in [5, 5.41) is 3.39. The van der Waals surface area contributed by atoms with Gasteiger partial charge in [-0.3, -0.25) is 0 Å². The van der Waals surface area contributed by atoms with Crippen LogP contribution in [0.25, 0.3) is 0 Å². The topological polar surface area (TPSA) is 43.0 Å². The maximum Gasteiger partial charge on any atom is 0.105 e. The van der Waals surface area contributed by atoms with Crippen molar-refractivity contribution in [2.24, 2.45) is 0 Å². The highest BCUT2D eigenvalue weighted by Crippen LogP contribution is 1.99. The van der Waals surface area contributed by atoms with Crippen LogP contribution in [-0.2, 0) is 13.0 Å². The van der Waals surface area contributed by atoms with E-state index in [1.54, 1.807) is 6.26 Å². The van der Waals surface area contributed by atoms with Crippen LogP contribution in [-0.4, -0.2) is 22.6 Å². The fourth-order valence-corrected chi connectivity index (χ4v) is 1.60. The Balaban J connectivity index is 1.49. The Morgan fingerprint density at radius 3 is 3.12 bits per heavy atom. The van der Waals surface area contributed by atoms with Crippen LogP contribution in [0.1, 0.15) is 12.2 Å². The molecule has 2 aromatic heterocycles. The molecule has 0 bridgehead atoms. The average molecular weight is 219 g/mol. The van der Waals surface area contributed by atoms with E-state index in [1.807, 2.05) is 30.9 Å². The zero-order valence-electron chi connectivity index (χ0n) is 9.30. The summed E-state index contributed by atoms with van der Waals surface area (Å²) in [6.07, 6.45) is 9.44. The Morgan fingerprint density at radius 1 is 1.38 bits per heavy atom. The Kier molecular flexibility index (Phi) is 4.19. The molecule has 0 radical (unpaired) electrons. The molecule has 16 heavy (non-hydrogen) atoms. The Labute approximate surface area is 95.3 Å². The smallest absolute Gasteiger partial charge is 0.105 e. The number of rotatable bonds is 7. The Morgan fingerprint density at radius 2 is 2.38 bits per heavy atom. The number of hydrogen-bond acceptors (Lipinski definition) is 3. The molecular weight excluding hydrogens is 202 g/mol. The number of aryl methyl sites for hydroxylation is 1. The Hall–Kier alpha value is -1.55. The van der Waals surface area contributed by atoms with Gasteiger partial charge in [0.1, 0.15) is 5.76 Å². The summed E-state index contributed by atoms with van der Waals surface area (Å²) in [7, 11) is 0. The van der Waals surface area contributed by atoms with Gasteiger partial charge in [-0.15, -0.1) is 0 Å². The van der Waals surface area contributed by atoms with E-state index in [4.69, 9.17) is 4.42 Å². The van der Waals surface area contributed by atoms with Gasteiger partial charge < -0.3 is 14.3 Å². The predicted octanol–water partition coefficient (Wildman–Crippen LogP) is 1.70. The van der Waals surface area contributed by atoms with Gasteiger partial charge in [-0.1, -0.05) is 0 Å². The molecule has 4 nitrogen and oxygen atoms in total. The molecule has 0 atom stereocenters. The molecule has 4 heteroatoms. The molecule has 0 saturated heterocycles. The van der Waals surface area contributed by atoms with Gasteiger partial charge in [-0.05, 0) is 25.1 Å². The summed E-state index contributed by atoms with van der Waals surface area (Å²) in [4.78, 5) is 4.00. The van der Waals surface area contributed by atoms with Crippen LogP contribution in [0, 0.1) is 0 Å². The second-order valence-electron chi connectivity index (χ2n) is 3.73. The van der Waals surface area contributed by atoms with Gasteiger partial charge in [0, 0.05) is 31.9 Å². The maximum absolute atomic E-state index is 5.25. The monoisotopic (exact) mass is 219 g/mol. The van der Waals surface area contributed by atoms with E-state index in [-0.39, 0.29) is 0 Å². The molecule has 0 unspecified atom stereocenters. The second kappa shape index (κ2) is 6.12. The van der Waals surface area contributed by atoms with Crippen molar-refractivity contribution in [3.05, 3.63) is 42.9 Å². The predicted molar refractivity (Wildman–Crippen MR) is 62.1 cm³/mol. The molecule has 0 aromatic carbocycles. The van der Waals surface area contributed by atoms with Crippen molar-refractivity contribution < 1.29 is 4.42 Å². The van der Waals surface area contributed by atoms with Crippen molar-refractivity contribution in [1.82, 2.24) is 14.9 Å². The SMILES string of the molecule is c1coc(CCNCCCn2ccnc2)c1. The first-order chi connectivity index (χ1) is 7.95. The number of aromatic nitrogens is 2. The third-order valence-electron chi connectivity index (χ3n) is 2.46. The van der Waals surface area contributed by atoms with E-state index in [2.05, 4.69) is 14.9 Å². The zero-order chi connectivity index (χ0) is 11.1. The van der Waals surface area contributed by atoms with E-state index in [0.29, 0.717) is 0 Å². The number of imidazole rings is 1. The summed E-state index contributed by atoms with van der Waals surface area (Å²) in [6.45, 7) is 3.02. The third kappa shape index (κ3) is 3.55. The van der Waals surface area contributed by atoms with Crippen LogP contribution in [0.5, 0.6) is 0 Å². The van der Waals surface area contributed by atoms with Crippen molar-refractivity contribution in [2.75, 3.05) is 13.1 Å². The molecule has 0 fully saturated rings. The molecular formula is C12H17N3O. The molecule has 0 amide bonds. The van der Waals surface area contributed by atoms with E-state index >= 15 is 0 Å². The minimum absolute atomic E-state index is 0.956. The molecule has 1 N–H and O–H groups in total. The zero-order valence-corrected chi connectivity index (χ0v) is 9.30. The van der Waals surface area contributed by atoms with Crippen molar-refractivity contribution >= 4 is 0 Å². The lowest BCUT2D eigenvalue weighted by atomic mass is 10.3. The van der Waals surface area contributed by atoms with Gasteiger partial charge in [-0.2, -0.15) is 0 Å². The maximum atomic E-state index is 5.25. The van der Waals surface area contributed by atoms with Crippen molar-refractivity contribution in [3.8, 4) is 0 Å². The molecule has 2 aromatic rings. The van der Waals surface area contributed by atoms with E-state index < -0.39 is 0 Å². The van der Waals surface area contributed by atoms with Gasteiger partial charge in [0.25, 0.3) is 0 Å². The largest absolute Gasteiger partial charge is 0.469 e. The summed E-state index contributed by atoms with van der Waals surface area (Å²) < 4.78 is 7.34. The Bertz CT molecular complexity index is 329. The fraction of sp³-hybridized carbons (Fsp3) is 0.417. The minimum atomic E-state index is 0.956. The third-order valence-corrected chi connectivity index (χ3v) is 2.46. The lowest BCUT2D eigenvalue weighted by Gasteiger charge is -2.04. The first-order valence-corrected chi connectivity index (χ1v) is 5.64. The second-order valence-corrected chi connectivity index (χ2v) is 3.73. The molecule has 0 aliphatic rings. The molecule has 0 saturated carbocycles. The van der Waals surface area contributed by atoms with Crippen LogP contribution in [0.3, 0.4) is 0 Å². The number of nitrogens with one attached hydrogen (secondary N) is 1.